The van der Waals surface area contributed by atoms with Gasteiger partial charge in [0.05, 0.1) is 0 Å². The summed E-state index contributed by atoms with van der Waals surface area (Å²) >= 11 is 0. The van der Waals surface area contributed by atoms with Crippen LogP contribution in [0.4, 0.5) is 5.69 Å². The maximum Gasteiger partial charge on any atom is 0.227 e. The Bertz CT molecular complexity index is 694. The first-order valence-electron chi connectivity index (χ1n) is 6.39. The highest BCUT2D eigenvalue weighted by Crippen LogP contribution is 2.18. The summed E-state index contributed by atoms with van der Waals surface area (Å²) in [5.41, 5.74) is 8.44. The number of benzene rings is 1. The van der Waals surface area contributed by atoms with Crippen LogP contribution in [0.5, 0.6) is 0 Å². The topological polar surface area (TPSA) is 77.8 Å². The van der Waals surface area contributed by atoms with Crippen LogP contribution in [0.25, 0.3) is 11.4 Å². The molecule has 0 bridgehead atoms. The number of nitrogen functional groups attached to an aromatic ring is 1. The van der Waals surface area contributed by atoms with Crippen molar-refractivity contribution < 1.29 is 4.52 Å². The molecule has 0 aliphatic rings. The fourth-order valence-corrected chi connectivity index (χ4v) is 1.95. The zero-order valence-electron chi connectivity index (χ0n) is 10.9. The molecule has 2 aromatic heterocycles. The molecule has 5 heteroatoms. The minimum atomic E-state index is 0.568. The molecule has 0 fully saturated rings. The summed E-state index contributed by atoms with van der Waals surface area (Å²) in [6.45, 7) is 0. The van der Waals surface area contributed by atoms with Gasteiger partial charge in [-0.3, -0.25) is 4.98 Å². The second-order valence-electron chi connectivity index (χ2n) is 4.50. The highest BCUT2D eigenvalue weighted by molar-refractivity contribution is 5.60. The number of nitrogens with two attached hydrogens (primary N) is 1. The van der Waals surface area contributed by atoms with Crippen LogP contribution >= 0.6 is 0 Å². The van der Waals surface area contributed by atoms with Crippen LogP contribution in [-0.2, 0) is 12.8 Å². The van der Waals surface area contributed by atoms with Gasteiger partial charge < -0.3 is 10.3 Å². The molecule has 0 saturated heterocycles. The van der Waals surface area contributed by atoms with Crippen molar-refractivity contribution in [3.63, 3.8) is 0 Å². The van der Waals surface area contributed by atoms with Crippen LogP contribution in [0.15, 0.2) is 53.3 Å². The molecule has 3 rings (SSSR count). The minimum Gasteiger partial charge on any atom is -0.399 e. The summed E-state index contributed by atoms with van der Waals surface area (Å²) in [6, 6.07) is 11.4. The molecule has 3 aromatic rings. The van der Waals surface area contributed by atoms with Gasteiger partial charge in [-0.15, -0.1) is 0 Å². The number of aryl methyl sites for hydroxylation is 2. The number of hydrogen-bond donors (Lipinski definition) is 1. The highest BCUT2D eigenvalue weighted by Gasteiger charge is 2.08. The molecule has 1 aromatic carbocycles. The van der Waals surface area contributed by atoms with Gasteiger partial charge in [0.1, 0.15) is 0 Å². The molecular weight excluding hydrogens is 252 g/mol. The molecule has 0 radical (unpaired) electrons. The van der Waals surface area contributed by atoms with E-state index in [-0.39, 0.29) is 0 Å². The maximum absolute atomic E-state index is 5.74. The Kier molecular flexibility index (Phi) is 3.41. The lowest BCUT2D eigenvalue weighted by molar-refractivity contribution is 0.379. The number of hydrogen-bond acceptors (Lipinski definition) is 5. The molecule has 0 spiro atoms. The molecule has 5 nitrogen and oxygen atoms in total. The third-order valence-electron chi connectivity index (χ3n) is 2.96. The predicted octanol–water partition coefficient (Wildman–Crippen LogP) is 2.50. The van der Waals surface area contributed by atoms with E-state index < -0.39 is 0 Å². The second-order valence-corrected chi connectivity index (χ2v) is 4.50. The third kappa shape index (κ3) is 2.83. The molecule has 100 valence electrons. The van der Waals surface area contributed by atoms with Crippen LogP contribution in [0.3, 0.4) is 0 Å². The Balaban J connectivity index is 1.71. The van der Waals surface area contributed by atoms with E-state index in [4.69, 9.17) is 10.3 Å². The van der Waals surface area contributed by atoms with Crippen molar-refractivity contribution in [2.45, 2.75) is 12.8 Å². The van der Waals surface area contributed by atoms with Gasteiger partial charge in [0.2, 0.25) is 11.7 Å². The number of pyridine rings is 1. The molecule has 0 unspecified atom stereocenters. The fraction of sp³-hybridized carbons (Fsp3) is 0.133. The first kappa shape index (κ1) is 12.3. The van der Waals surface area contributed by atoms with Gasteiger partial charge in [-0.05, 0) is 30.2 Å². The summed E-state index contributed by atoms with van der Waals surface area (Å²) in [5, 5.41) is 3.98. The molecule has 2 heterocycles. The fourth-order valence-electron chi connectivity index (χ4n) is 1.95. The van der Waals surface area contributed by atoms with E-state index >= 15 is 0 Å². The molecular formula is C15H14N4O. The summed E-state index contributed by atoms with van der Waals surface area (Å²) in [4.78, 5) is 8.46. The summed E-state index contributed by atoms with van der Waals surface area (Å²) in [7, 11) is 0. The van der Waals surface area contributed by atoms with E-state index in [1.807, 2.05) is 42.6 Å². The zero-order valence-corrected chi connectivity index (χ0v) is 10.9. The van der Waals surface area contributed by atoms with Crippen molar-refractivity contribution in [3.8, 4) is 11.4 Å². The van der Waals surface area contributed by atoms with Gasteiger partial charge in [0.25, 0.3) is 0 Å². The number of aromatic nitrogens is 3. The Morgan fingerprint density at radius 3 is 2.85 bits per heavy atom. The van der Waals surface area contributed by atoms with E-state index in [2.05, 4.69) is 15.1 Å². The van der Waals surface area contributed by atoms with Crippen molar-refractivity contribution in [3.05, 3.63) is 60.2 Å². The quantitative estimate of drug-likeness (QED) is 0.734. The largest absolute Gasteiger partial charge is 0.399 e. The average molecular weight is 266 g/mol. The minimum absolute atomic E-state index is 0.568. The van der Waals surface area contributed by atoms with Crippen LogP contribution in [-0.4, -0.2) is 15.1 Å². The Labute approximate surface area is 116 Å². The van der Waals surface area contributed by atoms with E-state index in [1.165, 1.54) is 0 Å². The number of nitrogens with zero attached hydrogens (tertiary/aromatic N) is 3. The standard InChI is InChI=1S/C15H14N4O/c16-13-5-1-4-12(9-13)15-18-14(20-19-15)7-6-11-3-2-8-17-10-11/h1-5,8-10H,6-7,16H2. The Morgan fingerprint density at radius 2 is 2.05 bits per heavy atom. The maximum atomic E-state index is 5.74. The molecule has 2 N–H and O–H groups in total. The van der Waals surface area contributed by atoms with Crippen molar-refractivity contribution in [1.29, 1.82) is 0 Å². The van der Waals surface area contributed by atoms with Gasteiger partial charge in [-0.25, -0.2) is 0 Å². The van der Waals surface area contributed by atoms with E-state index in [0.717, 1.165) is 17.5 Å². The van der Waals surface area contributed by atoms with Crippen molar-refractivity contribution in [2.24, 2.45) is 0 Å². The van der Waals surface area contributed by atoms with Crippen molar-refractivity contribution in [1.82, 2.24) is 15.1 Å². The van der Waals surface area contributed by atoms with E-state index in [0.29, 0.717) is 23.8 Å². The lowest BCUT2D eigenvalue weighted by Gasteiger charge is -1.96. The van der Waals surface area contributed by atoms with Crippen LogP contribution < -0.4 is 5.73 Å². The molecule has 0 aliphatic carbocycles. The summed E-state index contributed by atoms with van der Waals surface area (Å²) in [6.07, 6.45) is 5.12. The van der Waals surface area contributed by atoms with Gasteiger partial charge in [-0.1, -0.05) is 23.4 Å². The third-order valence-corrected chi connectivity index (χ3v) is 2.96. The van der Waals surface area contributed by atoms with Crippen LogP contribution in [0.2, 0.25) is 0 Å². The molecule has 0 saturated carbocycles. The SMILES string of the molecule is Nc1cccc(-c2noc(CCc3cccnc3)n2)c1. The highest BCUT2D eigenvalue weighted by atomic mass is 16.5. The normalized spacial score (nSPS) is 10.6. The van der Waals surface area contributed by atoms with Gasteiger partial charge in [-0.2, -0.15) is 4.98 Å². The Hall–Kier alpha value is -2.69. The van der Waals surface area contributed by atoms with Crippen molar-refractivity contribution >= 4 is 5.69 Å². The number of rotatable bonds is 4. The molecule has 0 amide bonds. The first-order chi connectivity index (χ1) is 9.81. The summed E-state index contributed by atoms with van der Waals surface area (Å²) < 4.78 is 5.26. The van der Waals surface area contributed by atoms with Crippen molar-refractivity contribution in [2.75, 3.05) is 5.73 Å². The van der Waals surface area contributed by atoms with Gasteiger partial charge in [0.15, 0.2) is 0 Å². The van der Waals surface area contributed by atoms with E-state index in [1.54, 1.807) is 6.20 Å². The van der Waals surface area contributed by atoms with Crippen LogP contribution in [0, 0.1) is 0 Å². The van der Waals surface area contributed by atoms with Crippen LogP contribution in [0.1, 0.15) is 11.5 Å². The molecule has 20 heavy (non-hydrogen) atoms. The number of anilines is 1. The lowest BCUT2D eigenvalue weighted by Crippen LogP contribution is -1.92. The monoisotopic (exact) mass is 266 g/mol. The second kappa shape index (κ2) is 5.52. The predicted molar refractivity (Wildman–Crippen MR) is 75.8 cm³/mol. The zero-order chi connectivity index (χ0) is 13.8. The van der Waals surface area contributed by atoms with E-state index in [9.17, 15) is 0 Å². The van der Waals surface area contributed by atoms with Gasteiger partial charge >= 0.3 is 0 Å². The first-order valence-corrected chi connectivity index (χ1v) is 6.39. The lowest BCUT2D eigenvalue weighted by atomic mass is 10.1. The molecule has 0 atom stereocenters. The Morgan fingerprint density at radius 1 is 1.10 bits per heavy atom. The molecule has 0 aliphatic heterocycles. The average Bonchev–Trinajstić information content (AvgIpc) is 2.95. The summed E-state index contributed by atoms with van der Waals surface area (Å²) in [5.74, 6) is 1.18. The smallest absolute Gasteiger partial charge is 0.227 e. The van der Waals surface area contributed by atoms with Gasteiger partial charge in [0, 0.05) is 30.1 Å².